The summed E-state index contributed by atoms with van der Waals surface area (Å²) in [5.41, 5.74) is 0. The van der Waals surface area contributed by atoms with Crippen molar-refractivity contribution in [2.75, 3.05) is 0 Å². The van der Waals surface area contributed by atoms with Crippen molar-refractivity contribution in [3.8, 4) is 0 Å². The summed E-state index contributed by atoms with van der Waals surface area (Å²) in [4.78, 5) is 1.86. The molecule has 21 heavy (non-hydrogen) atoms. The largest absolute Gasteiger partial charge is 0.254 e. The van der Waals surface area contributed by atoms with E-state index in [1.807, 2.05) is 91.0 Å². The maximum atomic E-state index is 14.2. The van der Waals surface area contributed by atoms with Gasteiger partial charge in [-0.15, -0.1) is 0 Å². The Hall–Kier alpha value is -1.90. The van der Waals surface area contributed by atoms with Crippen LogP contribution < -0.4 is 0 Å². The zero-order valence-electron chi connectivity index (χ0n) is 11.4. The average Bonchev–Trinajstić information content (AvgIpc) is 2.57. The smallest absolute Gasteiger partial charge is 0.0457 e. The molecule has 106 valence electrons. The molecule has 0 atom stereocenters. The van der Waals surface area contributed by atoms with Gasteiger partial charge in [0.25, 0.3) is 0 Å². The molecule has 0 radical (unpaired) electrons. The van der Waals surface area contributed by atoms with Crippen LogP contribution in [0.1, 0.15) is 0 Å². The van der Waals surface area contributed by atoms with Crippen molar-refractivity contribution in [1.82, 2.24) is 0 Å². The van der Waals surface area contributed by atoms with E-state index in [0.717, 1.165) is 0 Å². The van der Waals surface area contributed by atoms with Crippen molar-refractivity contribution in [2.24, 2.45) is 0 Å². The van der Waals surface area contributed by atoms with Crippen LogP contribution in [-0.2, 0) is 8.28 Å². The highest BCUT2D eigenvalue weighted by molar-refractivity contribution is 8.38. The Balaban J connectivity index is 2.39. The van der Waals surface area contributed by atoms with Crippen molar-refractivity contribution in [3.63, 3.8) is 0 Å². The van der Waals surface area contributed by atoms with E-state index < -0.39 is 8.28 Å². The summed E-state index contributed by atoms with van der Waals surface area (Å²) in [5.74, 6) is 0. The van der Waals surface area contributed by atoms with Gasteiger partial charge in [0.05, 0.1) is 0 Å². The molecule has 3 heteroatoms. The van der Waals surface area contributed by atoms with E-state index in [-0.39, 0.29) is 0 Å². The van der Waals surface area contributed by atoms with E-state index in [1.165, 1.54) is 0 Å². The zero-order chi connectivity index (χ0) is 14.8. The van der Waals surface area contributed by atoms with Crippen LogP contribution in [0.15, 0.2) is 106 Å². The molecule has 0 aliphatic heterocycles. The highest BCUT2D eigenvalue weighted by Crippen LogP contribution is 2.53. The molecule has 0 saturated carbocycles. The lowest BCUT2D eigenvalue weighted by Crippen LogP contribution is -2.26. The minimum absolute atomic E-state index is 0.619. The fourth-order valence-electron chi connectivity index (χ4n) is 2.40. The molecule has 1 nitrogen and oxygen atoms in total. The standard InChI is InChI=1S/C18H15ClOS/c19-21(20,16-10-4-1-5-11-16,17-12-6-2-7-13-17)18-14-8-3-9-15-18/h1-15H. The topological polar surface area (TPSA) is 17.1 Å². The number of hydrogen-bond acceptors (Lipinski definition) is 1. The summed E-state index contributed by atoms with van der Waals surface area (Å²) >= 11 is 0. The Morgan fingerprint density at radius 1 is 0.524 bits per heavy atom. The van der Waals surface area contributed by atoms with Gasteiger partial charge in [-0.3, -0.25) is 4.21 Å². The summed E-state index contributed by atoms with van der Waals surface area (Å²) < 4.78 is 14.2. The third-order valence-corrected chi connectivity index (χ3v) is 8.44. The Kier molecular flexibility index (Phi) is 3.44. The van der Waals surface area contributed by atoms with Gasteiger partial charge in [0.2, 0.25) is 0 Å². The van der Waals surface area contributed by atoms with Crippen LogP contribution in [0.5, 0.6) is 0 Å². The minimum Gasteiger partial charge on any atom is -0.254 e. The van der Waals surface area contributed by atoms with Gasteiger partial charge in [-0.25, -0.2) is 0 Å². The molecule has 0 aliphatic carbocycles. The van der Waals surface area contributed by atoms with Crippen LogP contribution in [0.25, 0.3) is 0 Å². The van der Waals surface area contributed by atoms with Crippen LogP contribution >= 0.6 is 10.7 Å². The monoisotopic (exact) mass is 314 g/mol. The Bertz CT molecular complexity index is 692. The second kappa shape index (κ2) is 5.14. The van der Waals surface area contributed by atoms with Crippen molar-refractivity contribution < 1.29 is 4.21 Å². The molecule has 0 fully saturated rings. The van der Waals surface area contributed by atoms with Gasteiger partial charge in [0.1, 0.15) is 0 Å². The van der Waals surface area contributed by atoms with Crippen molar-refractivity contribution in [2.45, 2.75) is 14.7 Å². The first-order valence-electron chi connectivity index (χ1n) is 6.67. The summed E-state index contributed by atoms with van der Waals surface area (Å²) in [6.45, 7) is 0. The van der Waals surface area contributed by atoms with Gasteiger partial charge in [0, 0.05) is 23.0 Å². The van der Waals surface area contributed by atoms with Gasteiger partial charge in [-0.2, -0.15) is 0 Å². The number of benzene rings is 3. The third kappa shape index (κ3) is 2.21. The molecule has 0 bridgehead atoms. The fraction of sp³-hybridized carbons (Fsp3) is 0. The molecule has 0 heterocycles. The van der Waals surface area contributed by atoms with Crippen LogP contribution in [-0.4, -0.2) is 4.21 Å². The molecule has 0 spiro atoms. The first kappa shape index (κ1) is 14.1. The Morgan fingerprint density at radius 2 is 0.762 bits per heavy atom. The summed E-state index contributed by atoms with van der Waals surface area (Å²) in [5, 5.41) is 0. The number of rotatable bonds is 3. The van der Waals surface area contributed by atoms with Crippen LogP contribution in [0.3, 0.4) is 0 Å². The lowest BCUT2D eigenvalue weighted by atomic mass is 10.4. The molecule has 0 amide bonds. The van der Waals surface area contributed by atoms with Gasteiger partial charge >= 0.3 is 0 Å². The second-order valence-corrected chi connectivity index (χ2v) is 9.67. The summed E-state index contributed by atoms with van der Waals surface area (Å²) in [7, 11) is 3.07. The van der Waals surface area contributed by atoms with E-state index in [1.54, 1.807) is 0 Å². The van der Waals surface area contributed by atoms with Gasteiger partial charge in [0.15, 0.2) is 0 Å². The van der Waals surface area contributed by atoms with Crippen molar-refractivity contribution in [3.05, 3.63) is 91.0 Å². The zero-order valence-corrected chi connectivity index (χ0v) is 12.9. The molecule has 3 aromatic rings. The van der Waals surface area contributed by atoms with E-state index in [0.29, 0.717) is 14.7 Å². The summed E-state index contributed by atoms with van der Waals surface area (Å²) in [6, 6.07) is 27.8. The predicted molar refractivity (Wildman–Crippen MR) is 88.1 cm³/mol. The molecule has 0 aromatic heterocycles. The average molecular weight is 315 g/mol. The van der Waals surface area contributed by atoms with E-state index in [4.69, 9.17) is 10.7 Å². The van der Waals surface area contributed by atoms with Crippen molar-refractivity contribution >= 4 is 19.0 Å². The fourth-order valence-corrected chi connectivity index (χ4v) is 6.07. The molecule has 3 rings (SSSR count). The summed E-state index contributed by atoms with van der Waals surface area (Å²) in [6.07, 6.45) is 0. The van der Waals surface area contributed by atoms with E-state index >= 15 is 0 Å². The number of halogens is 1. The lowest BCUT2D eigenvalue weighted by molar-refractivity contribution is 0.665. The quantitative estimate of drug-likeness (QED) is 0.612. The normalized spacial score (nSPS) is 13.3. The second-order valence-electron chi connectivity index (χ2n) is 4.79. The molecule has 0 saturated heterocycles. The predicted octanol–water partition coefficient (Wildman–Crippen LogP) is 5.14. The first-order chi connectivity index (χ1) is 10.1. The van der Waals surface area contributed by atoms with Gasteiger partial charge < -0.3 is 0 Å². The minimum atomic E-state index is -3.85. The third-order valence-electron chi connectivity index (χ3n) is 3.49. The van der Waals surface area contributed by atoms with Crippen LogP contribution in [0, 0.1) is 0 Å². The van der Waals surface area contributed by atoms with Gasteiger partial charge in [-0.1, -0.05) is 54.6 Å². The highest BCUT2D eigenvalue weighted by atomic mass is 35.7. The SMILES string of the molecule is O=S(Cl)(c1ccccc1)(c1ccccc1)c1ccccc1. The molecule has 3 aromatic carbocycles. The van der Waals surface area contributed by atoms with Gasteiger partial charge in [-0.05, 0) is 47.1 Å². The lowest BCUT2D eigenvalue weighted by Gasteiger charge is -2.36. The molecule has 0 unspecified atom stereocenters. The first-order valence-corrected chi connectivity index (χ1v) is 9.46. The number of hydrogen-bond donors (Lipinski definition) is 0. The molecule has 0 N–H and O–H groups in total. The van der Waals surface area contributed by atoms with E-state index in [2.05, 4.69) is 0 Å². The van der Waals surface area contributed by atoms with Crippen LogP contribution in [0.2, 0.25) is 0 Å². The maximum absolute atomic E-state index is 14.2. The Morgan fingerprint density at radius 3 is 1.00 bits per heavy atom. The van der Waals surface area contributed by atoms with E-state index in [9.17, 15) is 4.21 Å². The molecular weight excluding hydrogens is 300 g/mol. The maximum Gasteiger partial charge on any atom is 0.0457 e. The molecular formula is C18H15ClOS. The Labute approximate surface area is 129 Å². The van der Waals surface area contributed by atoms with Crippen LogP contribution in [0.4, 0.5) is 0 Å². The highest BCUT2D eigenvalue weighted by Gasteiger charge is 2.40. The molecule has 0 aliphatic rings. The van der Waals surface area contributed by atoms with Crippen molar-refractivity contribution in [1.29, 1.82) is 0 Å².